The average Bonchev–Trinajstić information content (AvgIpc) is 3.10. The molecule has 0 unspecified atom stereocenters. The van der Waals surface area contributed by atoms with Crippen molar-refractivity contribution >= 4 is 46.6 Å². The molecule has 2 aromatic carbocycles. The maximum atomic E-state index is 12.1. The quantitative estimate of drug-likeness (QED) is 0.355. The number of hydrogen-bond donors (Lipinski definition) is 1. The number of amides is 1. The van der Waals surface area contributed by atoms with Crippen LogP contribution in [0.5, 0.6) is 0 Å². The van der Waals surface area contributed by atoms with Crippen molar-refractivity contribution in [3.05, 3.63) is 92.2 Å². The highest BCUT2D eigenvalue weighted by molar-refractivity contribution is 6.35. The Bertz CT molecular complexity index is 1040. The van der Waals surface area contributed by atoms with Crippen molar-refractivity contribution < 1.29 is 9.72 Å². The van der Waals surface area contributed by atoms with Gasteiger partial charge in [-0.1, -0.05) is 41.4 Å². The molecule has 1 aromatic heterocycles. The zero-order valence-corrected chi connectivity index (χ0v) is 15.9. The van der Waals surface area contributed by atoms with E-state index in [2.05, 4.69) is 10.4 Å². The van der Waals surface area contributed by atoms with Crippen LogP contribution in [0.2, 0.25) is 10.0 Å². The number of carbonyl (C=O) groups excluding carboxylic acids is 1. The van der Waals surface area contributed by atoms with Gasteiger partial charge in [0, 0.05) is 40.0 Å². The third kappa shape index (κ3) is 4.97. The SMILES string of the molecule is O=C(/C=C\c1cccc([N+](=O)[O-])c1)Nc1cnn(Cc2c(Cl)cccc2Cl)c1. The largest absolute Gasteiger partial charge is 0.320 e. The Morgan fingerprint density at radius 3 is 2.64 bits per heavy atom. The summed E-state index contributed by atoms with van der Waals surface area (Å²) >= 11 is 12.3. The molecule has 1 amide bonds. The molecule has 0 bridgehead atoms. The van der Waals surface area contributed by atoms with E-state index in [4.69, 9.17) is 23.2 Å². The lowest BCUT2D eigenvalue weighted by Crippen LogP contribution is -2.07. The first kappa shape index (κ1) is 19.6. The van der Waals surface area contributed by atoms with Crippen molar-refractivity contribution in [1.82, 2.24) is 9.78 Å². The molecule has 7 nitrogen and oxygen atoms in total. The Morgan fingerprint density at radius 1 is 1.21 bits per heavy atom. The lowest BCUT2D eigenvalue weighted by Gasteiger charge is -2.06. The number of halogens is 2. The van der Waals surface area contributed by atoms with Gasteiger partial charge >= 0.3 is 0 Å². The Morgan fingerprint density at radius 2 is 1.93 bits per heavy atom. The van der Waals surface area contributed by atoms with Crippen molar-refractivity contribution in [2.24, 2.45) is 0 Å². The Balaban J connectivity index is 1.64. The van der Waals surface area contributed by atoms with Gasteiger partial charge in [0.15, 0.2) is 0 Å². The normalized spacial score (nSPS) is 10.9. The van der Waals surface area contributed by atoms with Crippen LogP contribution >= 0.6 is 23.2 Å². The topological polar surface area (TPSA) is 90.1 Å². The van der Waals surface area contributed by atoms with Gasteiger partial charge in [-0.25, -0.2) is 0 Å². The van der Waals surface area contributed by atoms with E-state index in [-0.39, 0.29) is 11.6 Å². The number of hydrogen-bond acceptors (Lipinski definition) is 4. The predicted molar refractivity (Wildman–Crippen MR) is 109 cm³/mol. The molecule has 0 aliphatic heterocycles. The molecule has 1 N–H and O–H groups in total. The summed E-state index contributed by atoms with van der Waals surface area (Å²) < 4.78 is 1.60. The molecule has 3 rings (SSSR count). The molecule has 142 valence electrons. The lowest BCUT2D eigenvalue weighted by atomic mass is 10.2. The number of benzene rings is 2. The smallest absolute Gasteiger partial charge is 0.270 e. The number of nitro groups is 1. The third-order valence-corrected chi connectivity index (χ3v) is 4.50. The molecule has 0 aliphatic rings. The third-order valence-electron chi connectivity index (χ3n) is 3.79. The Kier molecular flexibility index (Phi) is 6.08. The minimum Gasteiger partial charge on any atom is -0.320 e. The second-order valence-corrected chi connectivity index (χ2v) is 6.62. The summed E-state index contributed by atoms with van der Waals surface area (Å²) in [5.74, 6) is -0.387. The maximum Gasteiger partial charge on any atom is 0.270 e. The van der Waals surface area contributed by atoms with Gasteiger partial charge in [0.1, 0.15) is 0 Å². The van der Waals surface area contributed by atoms with Crippen molar-refractivity contribution in [2.75, 3.05) is 5.32 Å². The van der Waals surface area contributed by atoms with E-state index in [1.54, 1.807) is 41.2 Å². The van der Waals surface area contributed by atoms with Crippen molar-refractivity contribution in [3.8, 4) is 0 Å². The average molecular weight is 417 g/mol. The van der Waals surface area contributed by atoms with Gasteiger partial charge in [-0.15, -0.1) is 0 Å². The first-order chi connectivity index (χ1) is 13.4. The second kappa shape index (κ2) is 8.69. The molecule has 0 aliphatic carbocycles. The summed E-state index contributed by atoms with van der Waals surface area (Å²) in [5.41, 5.74) is 1.74. The molecule has 0 saturated carbocycles. The zero-order chi connectivity index (χ0) is 20.1. The van der Waals surface area contributed by atoms with Crippen molar-refractivity contribution in [2.45, 2.75) is 6.54 Å². The van der Waals surface area contributed by atoms with Crippen LogP contribution in [0.25, 0.3) is 6.08 Å². The molecule has 9 heteroatoms. The summed E-state index contributed by atoms with van der Waals surface area (Å²) in [4.78, 5) is 22.4. The van der Waals surface area contributed by atoms with E-state index in [9.17, 15) is 14.9 Å². The number of non-ortho nitro benzene ring substituents is 1. The van der Waals surface area contributed by atoms with E-state index in [0.29, 0.717) is 27.8 Å². The van der Waals surface area contributed by atoms with Crippen molar-refractivity contribution in [1.29, 1.82) is 0 Å². The highest BCUT2D eigenvalue weighted by Crippen LogP contribution is 2.25. The summed E-state index contributed by atoms with van der Waals surface area (Å²) in [7, 11) is 0. The van der Waals surface area contributed by atoms with Gasteiger partial charge in [0.25, 0.3) is 5.69 Å². The molecule has 0 fully saturated rings. The highest BCUT2D eigenvalue weighted by Gasteiger charge is 2.08. The van der Waals surface area contributed by atoms with E-state index in [0.717, 1.165) is 5.56 Å². The molecular formula is C19H14Cl2N4O3. The monoisotopic (exact) mass is 416 g/mol. The molecule has 0 spiro atoms. The van der Waals surface area contributed by atoms with Gasteiger partial charge < -0.3 is 5.32 Å². The summed E-state index contributed by atoms with van der Waals surface area (Å²) in [6, 6.07) is 11.2. The van der Waals surface area contributed by atoms with Crippen LogP contribution in [-0.4, -0.2) is 20.6 Å². The van der Waals surface area contributed by atoms with Crippen LogP contribution in [-0.2, 0) is 11.3 Å². The van der Waals surface area contributed by atoms with Gasteiger partial charge in [-0.3, -0.25) is 19.6 Å². The predicted octanol–water partition coefficient (Wildman–Crippen LogP) is 4.80. The van der Waals surface area contributed by atoms with Gasteiger partial charge in [0.05, 0.1) is 23.4 Å². The van der Waals surface area contributed by atoms with E-state index >= 15 is 0 Å². The molecule has 0 saturated heterocycles. The summed E-state index contributed by atoms with van der Waals surface area (Å²) in [6.45, 7) is 0.359. The molecule has 0 atom stereocenters. The Hall–Kier alpha value is -3.16. The first-order valence-electron chi connectivity index (χ1n) is 8.11. The fraction of sp³-hybridized carbons (Fsp3) is 0.0526. The van der Waals surface area contributed by atoms with Crippen LogP contribution in [0.1, 0.15) is 11.1 Å². The van der Waals surface area contributed by atoms with Gasteiger partial charge in [0.2, 0.25) is 5.91 Å². The number of nitrogens with zero attached hydrogens (tertiary/aromatic N) is 3. The van der Waals surface area contributed by atoms with Crippen molar-refractivity contribution in [3.63, 3.8) is 0 Å². The van der Waals surface area contributed by atoms with E-state index < -0.39 is 4.92 Å². The first-order valence-corrected chi connectivity index (χ1v) is 8.87. The standard InChI is InChI=1S/C19H14Cl2N4O3/c20-17-5-2-6-18(21)16(17)12-24-11-14(10-22-24)23-19(26)8-7-13-3-1-4-15(9-13)25(27)28/h1-11H,12H2,(H,23,26)/b8-7-. The van der Waals surface area contributed by atoms with Crippen LogP contribution in [0.15, 0.2) is 60.9 Å². The van der Waals surface area contributed by atoms with Crippen LogP contribution in [0, 0.1) is 10.1 Å². The van der Waals surface area contributed by atoms with Crippen LogP contribution < -0.4 is 5.32 Å². The number of anilines is 1. The van der Waals surface area contributed by atoms with Gasteiger partial charge in [-0.05, 0) is 23.8 Å². The molecule has 28 heavy (non-hydrogen) atoms. The molecular weight excluding hydrogens is 403 g/mol. The minimum atomic E-state index is -0.489. The number of nitrogens with one attached hydrogen (secondary N) is 1. The summed E-state index contributed by atoms with van der Waals surface area (Å²) in [6.07, 6.45) is 5.94. The van der Waals surface area contributed by atoms with Crippen LogP contribution in [0.3, 0.4) is 0 Å². The fourth-order valence-corrected chi connectivity index (χ4v) is 2.97. The summed E-state index contributed by atoms with van der Waals surface area (Å²) in [5, 5.41) is 18.7. The molecule has 3 aromatic rings. The number of carbonyl (C=O) groups is 1. The zero-order valence-electron chi connectivity index (χ0n) is 14.4. The van der Waals surface area contributed by atoms with Crippen LogP contribution in [0.4, 0.5) is 11.4 Å². The van der Waals surface area contributed by atoms with E-state index in [1.165, 1.54) is 30.5 Å². The molecule has 0 radical (unpaired) electrons. The van der Waals surface area contributed by atoms with E-state index in [1.807, 2.05) is 0 Å². The number of nitro benzene ring substituents is 1. The fourth-order valence-electron chi connectivity index (χ4n) is 2.46. The highest BCUT2D eigenvalue weighted by atomic mass is 35.5. The lowest BCUT2D eigenvalue weighted by molar-refractivity contribution is -0.384. The number of rotatable bonds is 6. The number of aromatic nitrogens is 2. The molecule has 1 heterocycles. The minimum absolute atomic E-state index is 0.0398. The second-order valence-electron chi connectivity index (χ2n) is 5.80. The maximum absolute atomic E-state index is 12.1. The Labute approximate surface area is 170 Å². The van der Waals surface area contributed by atoms with Gasteiger partial charge in [-0.2, -0.15) is 5.10 Å².